The summed E-state index contributed by atoms with van der Waals surface area (Å²) in [4.78, 5) is 25.1. The maximum Gasteiger partial charge on any atom is 0.321 e. The lowest BCUT2D eigenvalue weighted by atomic mass is 10.0. The summed E-state index contributed by atoms with van der Waals surface area (Å²) in [5, 5.41) is 5.23. The number of hydrogen-bond acceptors (Lipinski definition) is 2. The molecule has 5 nitrogen and oxygen atoms in total. The number of benzene rings is 3. The van der Waals surface area contributed by atoms with E-state index in [1.165, 1.54) is 16.3 Å². The Morgan fingerprint density at radius 1 is 0.962 bits per heavy atom. The minimum atomic E-state index is -0.491. The molecule has 26 heavy (non-hydrogen) atoms. The fourth-order valence-electron chi connectivity index (χ4n) is 2.84. The van der Waals surface area contributed by atoms with Crippen molar-refractivity contribution in [2.75, 3.05) is 18.9 Å². The summed E-state index contributed by atoms with van der Waals surface area (Å²) in [5.74, 6) is -0.491. The predicted molar refractivity (Wildman–Crippen MR) is 104 cm³/mol. The number of nitrogens with zero attached hydrogens (tertiary/aromatic N) is 1. The van der Waals surface area contributed by atoms with Crippen molar-refractivity contribution in [1.29, 1.82) is 0 Å². The van der Waals surface area contributed by atoms with Crippen LogP contribution in [-0.4, -0.2) is 30.4 Å². The maximum atomic E-state index is 12.3. The van der Waals surface area contributed by atoms with Crippen molar-refractivity contribution >= 4 is 28.4 Å². The van der Waals surface area contributed by atoms with E-state index in [9.17, 15) is 9.59 Å². The first-order chi connectivity index (χ1) is 12.5. The number of fused-ring (bicyclic) bond motifs is 1. The number of urea groups is 1. The molecule has 3 rings (SSSR count). The number of rotatable bonds is 5. The highest BCUT2D eigenvalue weighted by Gasteiger charge is 2.10. The van der Waals surface area contributed by atoms with E-state index in [2.05, 4.69) is 29.6 Å². The summed E-state index contributed by atoms with van der Waals surface area (Å²) in [5.41, 5.74) is 7.46. The van der Waals surface area contributed by atoms with Crippen LogP contribution in [0.25, 0.3) is 10.8 Å². The first-order valence-corrected chi connectivity index (χ1v) is 8.43. The average Bonchev–Trinajstić information content (AvgIpc) is 2.66. The number of likely N-dealkylation sites (N-methyl/N-ethyl adjacent to an activating group) is 1. The zero-order valence-corrected chi connectivity index (χ0v) is 14.6. The zero-order valence-electron chi connectivity index (χ0n) is 14.6. The van der Waals surface area contributed by atoms with Crippen LogP contribution >= 0.6 is 0 Å². The number of hydrogen-bond donors (Lipinski definition) is 2. The molecule has 0 aromatic heterocycles. The molecule has 132 valence electrons. The Morgan fingerprint density at radius 3 is 2.38 bits per heavy atom. The van der Waals surface area contributed by atoms with E-state index in [4.69, 9.17) is 5.73 Å². The first-order valence-electron chi connectivity index (χ1n) is 8.43. The molecule has 0 aliphatic carbocycles. The second-order valence-corrected chi connectivity index (χ2v) is 6.18. The maximum absolute atomic E-state index is 12.3. The van der Waals surface area contributed by atoms with Crippen molar-refractivity contribution in [3.8, 4) is 0 Å². The van der Waals surface area contributed by atoms with Crippen LogP contribution in [-0.2, 0) is 6.42 Å². The molecule has 3 aromatic carbocycles. The highest BCUT2D eigenvalue weighted by molar-refractivity contribution is 5.94. The lowest BCUT2D eigenvalue weighted by molar-refractivity contribution is 0.100. The van der Waals surface area contributed by atoms with E-state index in [0.717, 1.165) is 6.42 Å². The van der Waals surface area contributed by atoms with Crippen molar-refractivity contribution < 1.29 is 9.59 Å². The van der Waals surface area contributed by atoms with Gasteiger partial charge in [-0.2, -0.15) is 0 Å². The van der Waals surface area contributed by atoms with Crippen LogP contribution in [0.4, 0.5) is 10.5 Å². The third-order valence-corrected chi connectivity index (χ3v) is 4.36. The van der Waals surface area contributed by atoms with Crippen LogP contribution in [0.1, 0.15) is 15.9 Å². The largest absolute Gasteiger partial charge is 0.366 e. The molecular formula is C21H21N3O2. The number of amides is 3. The van der Waals surface area contributed by atoms with Crippen molar-refractivity contribution in [3.05, 3.63) is 77.9 Å². The molecule has 0 spiro atoms. The Morgan fingerprint density at radius 2 is 1.65 bits per heavy atom. The number of nitrogens with one attached hydrogen (secondary N) is 1. The van der Waals surface area contributed by atoms with Gasteiger partial charge in [-0.05, 0) is 47.0 Å². The topological polar surface area (TPSA) is 75.4 Å². The monoisotopic (exact) mass is 347 g/mol. The van der Waals surface area contributed by atoms with Crippen molar-refractivity contribution in [3.63, 3.8) is 0 Å². The van der Waals surface area contributed by atoms with E-state index in [0.29, 0.717) is 17.8 Å². The van der Waals surface area contributed by atoms with E-state index in [1.807, 2.05) is 18.2 Å². The summed E-state index contributed by atoms with van der Waals surface area (Å²) < 4.78 is 0. The molecule has 5 heteroatoms. The summed E-state index contributed by atoms with van der Waals surface area (Å²) in [7, 11) is 1.76. The zero-order chi connectivity index (χ0) is 18.5. The first kappa shape index (κ1) is 17.5. The van der Waals surface area contributed by atoms with Crippen LogP contribution in [0.2, 0.25) is 0 Å². The molecule has 0 atom stereocenters. The third-order valence-electron chi connectivity index (χ3n) is 4.36. The molecule has 0 heterocycles. The molecule has 0 aliphatic heterocycles. The Hall–Kier alpha value is -3.34. The molecular weight excluding hydrogens is 326 g/mol. The molecule has 0 saturated heterocycles. The van der Waals surface area contributed by atoms with E-state index >= 15 is 0 Å². The Balaban J connectivity index is 1.61. The molecule has 0 saturated carbocycles. The lowest BCUT2D eigenvalue weighted by Crippen LogP contribution is -2.33. The van der Waals surface area contributed by atoms with E-state index in [1.54, 1.807) is 36.2 Å². The van der Waals surface area contributed by atoms with Crippen molar-refractivity contribution in [2.45, 2.75) is 6.42 Å². The average molecular weight is 347 g/mol. The molecule has 3 amide bonds. The van der Waals surface area contributed by atoms with Gasteiger partial charge in [0, 0.05) is 24.8 Å². The van der Waals surface area contributed by atoms with Crippen LogP contribution in [0.3, 0.4) is 0 Å². The van der Waals surface area contributed by atoms with Gasteiger partial charge in [0.1, 0.15) is 0 Å². The van der Waals surface area contributed by atoms with Crippen LogP contribution in [0, 0.1) is 0 Å². The number of nitrogens with two attached hydrogens (primary N) is 1. The van der Waals surface area contributed by atoms with E-state index < -0.39 is 5.91 Å². The van der Waals surface area contributed by atoms with Crippen molar-refractivity contribution in [2.24, 2.45) is 5.73 Å². The predicted octanol–water partition coefficient (Wildman–Crippen LogP) is 3.65. The van der Waals surface area contributed by atoms with Crippen molar-refractivity contribution in [1.82, 2.24) is 4.90 Å². The minimum Gasteiger partial charge on any atom is -0.366 e. The summed E-state index contributed by atoms with van der Waals surface area (Å²) in [6, 6.07) is 20.8. The van der Waals surface area contributed by atoms with Gasteiger partial charge < -0.3 is 16.0 Å². The summed E-state index contributed by atoms with van der Waals surface area (Å²) in [6.45, 7) is 0.596. The number of anilines is 1. The van der Waals surface area contributed by atoms with Gasteiger partial charge in [-0.1, -0.05) is 42.5 Å². The number of primary amides is 1. The van der Waals surface area contributed by atoms with Crippen LogP contribution < -0.4 is 11.1 Å². The van der Waals surface area contributed by atoms with Gasteiger partial charge in [-0.15, -0.1) is 0 Å². The van der Waals surface area contributed by atoms with Gasteiger partial charge in [0.2, 0.25) is 5.91 Å². The quantitative estimate of drug-likeness (QED) is 0.739. The van der Waals surface area contributed by atoms with Gasteiger partial charge >= 0.3 is 6.03 Å². The van der Waals surface area contributed by atoms with Gasteiger partial charge in [0.05, 0.1) is 0 Å². The molecule has 3 aromatic rings. The Bertz CT molecular complexity index is 930. The standard InChI is InChI=1S/C21H21N3O2/c1-24(21(26)23-18-11-9-17(10-12-18)20(22)25)14-13-16-7-4-6-15-5-2-3-8-19(15)16/h2-12H,13-14H2,1H3,(H2,22,25)(H,23,26). The van der Waals surface area contributed by atoms with Crippen LogP contribution in [0.5, 0.6) is 0 Å². The lowest BCUT2D eigenvalue weighted by Gasteiger charge is -2.18. The minimum absolute atomic E-state index is 0.197. The number of carbonyl (C=O) groups is 2. The summed E-state index contributed by atoms with van der Waals surface area (Å²) >= 11 is 0. The highest BCUT2D eigenvalue weighted by atomic mass is 16.2. The van der Waals surface area contributed by atoms with Gasteiger partial charge in [0.15, 0.2) is 0 Å². The second kappa shape index (κ2) is 7.70. The highest BCUT2D eigenvalue weighted by Crippen LogP contribution is 2.19. The molecule has 0 bridgehead atoms. The Kier molecular flexibility index (Phi) is 5.17. The third kappa shape index (κ3) is 4.00. The second-order valence-electron chi connectivity index (χ2n) is 6.18. The number of carbonyl (C=O) groups excluding carboxylic acids is 2. The normalized spacial score (nSPS) is 10.5. The molecule has 0 unspecified atom stereocenters. The molecule has 3 N–H and O–H groups in total. The van der Waals surface area contributed by atoms with E-state index in [-0.39, 0.29) is 6.03 Å². The van der Waals surface area contributed by atoms with Gasteiger partial charge in [0.25, 0.3) is 0 Å². The summed E-state index contributed by atoms with van der Waals surface area (Å²) in [6.07, 6.45) is 0.770. The fourth-order valence-corrected chi connectivity index (χ4v) is 2.84. The smallest absolute Gasteiger partial charge is 0.321 e. The molecule has 0 radical (unpaired) electrons. The van der Waals surface area contributed by atoms with Gasteiger partial charge in [-0.3, -0.25) is 4.79 Å². The van der Waals surface area contributed by atoms with Gasteiger partial charge in [-0.25, -0.2) is 4.79 Å². The molecule has 0 fully saturated rings. The SMILES string of the molecule is CN(CCc1cccc2ccccc12)C(=O)Nc1ccc(C(N)=O)cc1. The molecule has 0 aliphatic rings. The Labute approximate surface area is 152 Å². The fraction of sp³-hybridized carbons (Fsp3) is 0.143. The van der Waals surface area contributed by atoms with Crippen LogP contribution in [0.15, 0.2) is 66.7 Å².